The minimum Gasteiger partial charge on any atom is -0.392 e. The molecule has 0 spiro atoms. The summed E-state index contributed by atoms with van der Waals surface area (Å²) in [4.78, 5) is 4.03. The Morgan fingerprint density at radius 3 is 2.47 bits per heavy atom. The van der Waals surface area contributed by atoms with Gasteiger partial charge in [-0.2, -0.15) is 4.98 Å². The van der Waals surface area contributed by atoms with Gasteiger partial charge in [0.25, 0.3) is 0 Å². The molecule has 6 nitrogen and oxygen atoms in total. The average Bonchev–Trinajstić information content (AvgIpc) is 2.73. The van der Waals surface area contributed by atoms with Crippen molar-refractivity contribution >= 4 is 9.84 Å². The first kappa shape index (κ1) is 14.1. The summed E-state index contributed by atoms with van der Waals surface area (Å²) < 4.78 is 27.6. The van der Waals surface area contributed by atoms with Gasteiger partial charge in [-0.25, -0.2) is 8.42 Å². The molecule has 0 saturated heterocycles. The summed E-state index contributed by atoms with van der Waals surface area (Å²) >= 11 is 0. The van der Waals surface area contributed by atoms with Crippen LogP contribution in [0.2, 0.25) is 0 Å². The fourth-order valence-corrected chi connectivity index (χ4v) is 1.79. The third-order valence-electron chi connectivity index (χ3n) is 2.85. The Balaban J connectivity index is 2.93. The van der Waals surface area contributed by atoms with Crippen LogP contribution in [0.4, 0.5) is 0 Å². The second kappa shape index (κ2) is 5.14. The number of aromatic nitrogens is 2. The molecule has 3 unspecified atom stereocenters. The molecule has 17 heavy (non-hydrogen) atoms. The number of sulfone groups is 1. The first-order valence-electron chi connectivity index (χ1n) is 5.47. The van der Waals surface area contributed by atoms with E-state index in [2.05, 4.69) is 10.1 Å². The van der Waals surface area contributed by atoms with Crippen LogP contribution in [-0.2, 0) is 9.84 Å². The number of hydrogen-bond donors (Lipinski definition) is 1. The lowest BCUT2D eigenvalue weighted by molar-refractivity contribution is 0.129. The van der Waals surface area contributed by atoms with E-state index in [9.17, 15) is 13.5 Å². The first-order valence-corrected chi connectivity index (χ1v) is 7.43. The molecule has 1 aromatic rings. The van der Waals surface area contributed by atoms with Crippen molar-refractivity contribution in [3.8, 4) is 0 Å². The van der Waals surface area contributed by atoms with E-state index in [0.717, 1.165) is 6.26 Å². The third kappa shape index (κ3) is 3.26. The molecule has 0 aliphatic rings. The Hall–Kier alpha value is -0.950. The van der Waals surface area contributed by atoms with E-state index in [-0.39, 0.29) is 17.6 Å². The van der Waals surface area contributed by atoms with E-state index >= 15 is 0 Å². The van der Waals surface area contributed by atoms with Crippen LogP contribution in [0.3, 0.4) is 0 Å². The van der Waals surface area contributed by atoms with E-state index < -0.39 is 21.2 Å². The molecule has 0 aromatic carbocycles. The number of aliphatic hydroxyl groups excluding tert-OH is 1. The highest BCUT2D eigenvalue weighted by Gasteiger charge is 2.26. The minimum atomic E-state index is -3.24. The maximum absolute atomic E-state index is 11.3. The van der Waals surface area contributed by atoms with E-state index in [1.165, 1.54) is 6.92 Å². The van der Waals surface area contributed by atoms with Crippen molar-refractivity contribution < 1.29 is 18.0 Å². The van der Waals surface area contributed by atoms with Crippen LogP contribution in [0.1, 0.15) is 50.1 Å². The van der Waals surface area contributed by atoms with Gasteiger partial charge < -0.3 is 9.63 Å². The number of rotatable bonds is 5. The van der Waals surface area contributed by atoms with Crippen molar-refractivity contribution in [3.63, 3.8) is 0 Å². The molecule has 1 aromatic heterocycles. The fraction of sp³-hybridized carbons (Fsp3) is 0.800. The Kier molecular flexibility index (Phi) is 4.26. The summed E-state index contributed by atoms with van der Waals surface area (Å²) in [5.74, 6) is 0.107. The molecule has 0 bridgehead atoms. The maximum atomic E-state index is 11.3. The summed E-state index contributed by atoms with van der Waals surface area (Å²) in [5, 5.41) is 12.5. The smallest absolute Gasteiger partial charge is 0.232 e. The van der Waals surface area contributed by atoms with Crippen LogP contribution in [0.25, 0.3) is 0 Å². The molecule has 98 valence electrons. The normalized spacial score (nSPS) is 17.7. The van der Waals surface area contributed by atoms with Crippen LogP contribution in [-0.4, -0.2) is 36.0 Å². The molecular formula is C10H18N2O4S. The predicted molar refractivity (Wildman–Crippen MR) is 62.3 cm³/mol. The lowest BCUT2D eigenvalue weighted by Gasteiger charge is -2.12. The minimum absolute atomic E-state index is 0.137. The molecule has 0 amide bonds. The number of aliphatic hydroxyl groups is 1. The quantitative estimate of drug-likeness (QED) is 0.852. The third-order valence-corrected chi connectivity index (χ3v) is 4.34. The molecule has 7 heteroatoms. The van der Waals surface area contributed by atoms with Gasteiger partial charge in [-0.15, -0.1) is 0 Å². The van der Waals surface area contributed by atoms with Gasteiger partial charge in [-0.1, -0.05) is 19.0 Å². The van der Waals surface area contributed by atoms with Gasteiger partial charge in [0.2, 0.25) is 5.89 Å². The zero-order valence-electron chi connectivity index (χ0n) is 10.4. The molecule has 3 atom stereocenters. The van der Waals surface area contributed by atoms with Crippen molar-refractivity contribution in [1.29, 1.82) is 0 Å². The predicted octanol–water partition coefficient (Wildman–Crippen LogP) is 1.05. The second-order valence-corrected chi connectivity index (χ2v) is 6.59. The van der Waals surface area contributed by atoms with Crippen LogP contribution < -0.4 is 0 Å². The highest BCUT2D eigenvalue weighted by molar-refractivity contribution is 7.90. The lowest BCUT2D eigenvalue weighted by Crippen LogP contribution is -2.15. The number of hydrogen-bond acceptors (Lipinski definition) is 6. The zero-order valence-corrected chi connectivity index (χ0v) is 11.2. The van der Waals surface area contributed by atoms with Crippen molar-refractivity contribution in [3.05, 3.63) is 11.7 Å². The monoisotopic (exact) mass is 262 g/mol. The maximum Gasteiger partial charge on any atom is 0.232 e. The fourth-order valence-electron chi connectivity index (χ4n) is 1.31. The van der Waals surface area contributed by atoms with Gasteiger partial charge >= 0.3 is 0 Å². The van der Waals surface area contributed by atoms with E-state index in [1.807, 2.05) is 6.92 Å². The summed E-state index contributed by atoms with van der Waals surface area (Å²) in [5.41, 5.74) is 0. The van der Waals surface area contributed by atoms with Crippen LogP contribution in [0, 0.1) is 0 Å². The van der Waals surface area contributed by atoms with Gasteiger partial charge in [0.15, 0.2) is 15.7 Å². The molecule has 0 aliphatic carbocycles. The van der Waals surface area contributed by atoms with Crippen LogP contribution in [0.15, 0.2) is 4.52 Å². The van der Waals surface area contributed by atoms with Crippen molar-refractivity contribution in [1.82, 2.24) is 10.1 Å². The molecule has 0 aliphatic heterocycles. The van der Waals surface area contributed by atoms with Gasteiger partial charge in [0, 0.05) is 6.26 Å². The Morgan fingerprint density at radius 1 is 1.41 bits per heavy atom. The van der Waals surface area contributed by atoms with Crippen molar-refractivity contribution in [2.45, 2.75) is 44.5 Å². The second-order valence-electron chi connectivity index (χ2n) is 4.23. The average molecular weight is 262 g/mol. The SMILES string of the molecule is CCC(O)C(C)c1nc(C(C)S(C)(=O)=O)no1. The summed E-state index contributed by atoms with van der Waals surface area (Å²) in [6.07, 6.45) is 1.12. The molecule has 1 heterocycles. The highest BCUT2D eigenvalue weighted by atomic mass is 32.2. The van der Waals surface area contributed by atoms with Gasteiger partial charge in [0.05, 0.1) is 12.0 Å². The van der Waals surface area contributed by atoms with Gasteiger partial charge in [-0.05, 0) is 13.3 Å². The summed E-state index contributed by atoms with van der Waals surface area (Å²) in [6, 6.07) is 0. The van der Waals surface area contributed by atoms with Crippen molar-refractivity contribution in [2.24, 2.45) is 0 Å². The summed E-state index contributed by atoms with van der Waals surface area (Å²) in [6.45, 7) is 5.11. The Morgan fingerprint density at radius 2 is 2.00 bits per heavy atom. The van der Waals surface area contributed by atoms with E-state index in [4.69, 9.17) is 4.52 Å². The van der Waals surface area contributed by atoms with Crippen LogP contribution in [0.5, 0.6) is 0 Å². The van der Waals surface area contributed by atoms with Crippen molar-refractivity contribution in [2.75, 3.05) is 6.26 Å². The Labute approximate surface area is 101 Å². The topological polar surface area (TPSA) is 93.3 Å². The standard InChI is InChI=1S/C10H18N2O4S/c1-5-8(13)6(2)10-11-9(12-16-10)7(3)17(4,14)15/h6-8,13H,5H2,1-4H3. The number of nitrogens with zero attached hydrogens (tertiary/aromatic N) is 2. The first-order chi connectivity index (χ1) is 7.77. The van der Waals surface area contributed by atoms with Gasteiger partial charge in [0.1, 0.15) is 5.25 Å². The van der Waals surface area contributed by atoms with Crippen LogP contribution >= 0.6 is 0 Å². The highest BCUT2D eigenvalue weighted by Crippen LogP contribution is 2.23. The molecule has 0 fully saturated rings. The Bertz CT molecular complexity index is 468. The largest absolute Gasteiger partial charge is 0.392 e. The summed E-state index contributed by atoms with van der Waals surface area (Å²) in [7, 11) is -3.24. The zero-order chi connectivity index (χ0) is 13.2. The molecule has 1 rings (SSSR count). The van der Waals surface area contributed by atoms with E-state index in [1.54, 1.807) is 6.92 Å². The molecule has 1 N–H and O–H groups in total. The van der Waals surface area contributed by atoms with E-state index in [0.29, 0.717) is 6.42 Å². The molecule has 0 radical (unpaired) electrons. The molecular weight excluding hydrogens is 244 g/mol. The lowest BCUT2D eigenvalue weighted by atomic mass is 10.0. The van der Waals surface area contributed by atoms with Gasteiger partial charge in [-0.3, -0.25) is 0 Å². The molecule has 0 saturated carbocycles.